The van der Waals surface area contributed by atoms with Crippen molar-refractivity contribution in [3.05, 3.63) is 46.2 Å². The molecular formula is C20H25BrN4O3. The van der Waals surface area contributed by atoms with E-state index >= 15 is 0 Å². The zero-order chi connectivity index (χ0) is 20.3. The molecule has 3 heterocycles. The highest BCUT2D eigenvalue weighted by molar-refractivity contribution is 9.10. The quantitative estimate of drug-likeness (QED) is 0.738. The summed E-state index contributed by atoms with van der Waals surface area (Å²) in [5.41, 5.74) is 1.39. The average molecular weight is 449 g/mol. The minimum atomic E-state index is -0.516. The lowest BCUT2D eigenvalue weighted by Crippen LogP contribution is -2.44. The summed E-state index contributed by atoms with van der Waals surface area (Å²) in [7, 11) is 0. The van der Waals surface area contributed by atoms with Crippen molar-refractivity contribution in [2.45, 2.75) is 39.4 Å². The summed E-state index contributed by atoms with van der Waals surface area (Å²) in [6, 6.07) is 5.82. The Bertz CT molecular complexity index is 836. The molecule has 2 aromatic heterocycles. The van der Waals surface area contributed by atoms with Crippen molar-refractivity contribution in [1.82, 2.24) is 14.9 Å². The van der Waals surface area contributed by atoms with E-state index in [1.54, 1.807) is 17.3 Å². The van der Waals surface area contributed by atoms with Gasteiger partial charge in [0.1, 0.15) is 23.3 Å². The second-order valence-electron chi connectivity index (χ2n) is 7.71. The number of nitrogens with zero attached hydrogens (tertiary/aromatic N) is 3. The third-order valence-electron chi connectivity index (χ3n) is 4.16. The average Bonchev–Trinajstić information content (AvgIpc) is 2.64. The highest BCUT2D eigenvalue weighted by atomic mass is 79.9. The van der Waals surface area contributed by atoms with Crippen molar-refractivity contribution in [3.63, 3.8) is 0 Å². The molecule has 0 spiro atoms. The summed E-state index contributed by atoms with van der Waals surface area (Å²) in [5.74, 6) is 1.45. The number of aryl methyl sites for hydroxylation is 1. The molecule has 0 aromatic carbocycles. The number of pyridine rings is 2. The summed E-state index contributed by atoms with van der Waals surface area (Å²) in [6.45, 7) is 8.99. The summed E-state index contributed by atoms with van der Waals surface area (Å²) in [6.07, 6.45) is 2.96. The van der Waals surface area contributed by atoms with Crippen LogP contribution < -0.4 is 5.32 Å². The molecule has 1 aliphatic heterocycles. The number of amides is 1. The molecule has 0 saturated carbocycles. The number of carbonyl (C=O) groups excluding carboxylic acids is 1. The van der Waals surface area contributed by atoms with Gasteiger partial charge in [0.25, 0.3) is 0 Å². The molecular weight excluding hydrogens is 424 g/mol. The Kier molecular flexibility index (Phi) is 6.20. The lowest BCUT2D eigenvalue weighted by atomic mass is 10.1. The van der Waals surface area contributed by atoms with Gasteiger partial charge in [-0.3, -0.25) is 0 Å². The summed E-state index contributed by atoms with van der Waals surface area (Å²) in [4.78, 5) is 22.9. The van der Waals surface area contributed by atoms with Gasteiger partial charge in [0.2, 0.25) is 0 Å². The monoisotopic (exact) mass is 448 g/mol. The summed E-state index contributed by atoms with van der Waals surface area (Å²) >= 11 is 3.37. The fraction of sp³-hybridized carbons (Fsp3) is 0.450. The number of nitrogens with one attached hydrogen (secondary N) is 1. The molecule has 7 nitrogen and oxygen atoms in total. The van der Waals surface area contributed by atoms with E-state index in [-0.39, 0.29) is 12.2 Å². The van der Waals surface area contributed by atoms with Crippen LogP contribution in [-0.4, -0.2) is 46.3 Å². The van der Waals surface area contributed by atoms with Gasteiger partial charge in [-0.2, -0.15) is 0 Å². The number of aromatic nitrogens is 2. The smallest absolute Gasteiger partial charge is 0.410 e. The van der Waals surface area contributed by atoms with E-state index in [1.165, 1.54) is 0 Å². The maximum atomic E-state index is 12.4. The molecule has 1 fully saturated rings. The molecule has 1 amide bonds. The fourth-order valence-electron chi connectivity index (χ4n) is 2.82. The van der Waals surface area contributed by atoms with Gasteiger partial charge in [-0.1, -0.05) is 0 Å². The minimum absolute atomic E-state index is 0.229. The summed E-state index contributed by atoms with van der Waals surface area (Å²) < 4.78 is 12.3. The van der Waals surface area contributed by atoms with Gasteiger partial charge in [0.15, 0.2) is 0 Å². The normalized spacial score (nSPS) is 17.3. The maximum Gasteiger partial charge on any atom is 0.410 e. The molecule has 2 aromatic rings. The number of hydrogen-bond donors (Lipinski definition) is 1. The maximum absolute atomic E-state index is 12.4. The molecule has 1 aliphatic rings. The number of ether oxygens (including phenoxy) is 2. The molecule has 0 radical (unpaired) electrons. The standard InChI is InChI=1S/C20H25BrN4O3/c1-13-9-14(10-23-18(13)24-17-6-5-15(21)11-22-17)16-12-25(7-8-27-16)19(26)28-20(2,3)4/h5-6,9-11,16H,7-8,12H2,1-4H3,(H,22,23,24). The van der Waals surface area contributed by atoms with Gasteiger partial charge in [0, 0.05) is 29.0 Å². The highest BCUT2D eigenvalue weighted by Gasteiger charge is 2.29. The first-order valence-electron chi connectivity index (χ1n) is 9.16. The Hall–Kier alpha value is -2.19. The van der Waals surface area contributed by atoms with Crippen LogP contribution in [0, 0.1) is 6.92 Å². The van der Waals surface area contributed by atoms with Crippen molar-refractivity contribution >= 4 is 33.7 Å². The van der Waals surface area contributed by atoms with E-state index in [9.17, 15) is 4.79 Å². The van der Waals surface area contributed by atoms with E-state index in [0.717, 1.165) is 27.2 Å². The van der Waals surface area contributed by atoms with Crippen molar-refractivity contribution in [2.75, 3.05) is 25.0 Å². The Morgan fingerprint density at radius 3 is 2.75 bits per heavy atom. The molecule has 8 heteroatoms. The van der Waals surface area contributed by atoms with Crippen LogP contribution in [0.25, 0.3) is 0 Å². The number of halogens is 1. The van der Waals surface area contributed by atoms with Crippen molar-refractivity contribution in [1.29, 1.82) is 0 Å². The second-order valence-corrected chi connectivity index (χ2v) is 8.62. The Labute approximate surface area is 173 Å². The van der Waals surface area contributed by atoms with Gasteiger partial charge >= 0.3 is 6.09 Å². The molecule has 150 valence electrons. The molecule has 1 atom stereocenters. The first-order valence-corrected chi connectivity index (χ1v) is 9.95. The van der Waals surface area contributed by atoms with Crippen LogP contribution in [0.15, 0.2) is 35.1 Å². The number of rotatable bonds is 3. The predicted octanol–water partition coefficient (Wildman–Crippen LogP) is 4.60. The Morgan fingerprint density at radius 2 is 2.11 bits per heavy atom. The minimum Gasteiger partial charge on any atom is -0.444 e. The van der Waals surface area contributed by atoms with E-state index in [0.29, 0.717) is 19.7 Å². The van der Waals surface area contributed by atoms with Crippen LogP contribution in [0.1, 0.15) is 38.0 Å². The van der Waals surface area contributed by atoms with Crippen molar-refractivity contribution < 1.29 is 14.3 Å². The first kappa shape index (κ1) is 20.5. The van der Waals surface area contributed by atoms with Crippen molar-refractivity contribution in [2.24, 2.45) is 0 Å². The van der Waals surface area contributed by atoms with Gasteiger partial charge in [-0.15, -0.1) is 0 Å². The molecule has 1 saturated heterocycles. The van der Waals surface area contributed by atoms with Gasteiger partial charge in [-0.05, 0) is 67.4 Å². The van der Waals surface area contributed by atoms with Gasteiger partial charge in [0.05, 0.1) is 13.2 Å². The summed E-state index contributed by atoms with van der Waals surface area (Å²) in [5, 5.41) is 3.21. The van der Waals surface area contributed by atoms with Crippen LogP contribution >= 0.6 is 15.9 Å². The van der Waals surface area contributed by atoms with Crippen LogP contribution in [0.4, 0.5) is 16.4 Å². The molecule has 1 unspecified atom stereocenters. The Morgan fingerprint density at radius 1 is 1.32 bits per heavy atom. The lowest BCUT2D eigenvalue weighted by molar-refractivity contribution is -0.0434. The number of anilines is 2. The van der Waals surface area contributed by atoms with E-state index in [1.807, 2.05) is 45.9 Å². The largest absolute Gasteiger partial charge is 0.444 e. The third kappa shape index (κ3) is 5.42. The van der Waals surface area contributed by atoms with Crippen LogP contribution in [0.3, 0.4) is 0 Å². The highest BCUT2D eigenvalue weighted by Crippen LogP contribution is 2.26. The van der Waals surface area contributed by atoms with E-state index < -0.39 is 5.60 Å². The van der Waals surface area contributed by atoms with Crippen LogP contribution in [-0.2, 0) is 9.47 Å². The third-order valence-corrected chi connectivity index (χ3v) is 4.63. The zero-order valence-corrected chi connectivity index (χ0v) is 18.1. The zero-order valence-electron chi connectivity index (χ0n) is 16.5. The molecule has 28 heavy (non-hydrogen) atoms. The van der Waals surface area contributed by atoms with Gasteiger partial charge in [-0.25, -0.2) is 14.8 Å². The van der Waals surface area contributed by atoms with E-state index in [2.05, 4.69) is 31.2 Å². The number of hydrogen-bond acceptors (Lipinski definition) is 6. The van der Waals surface area contributed by atoms with Gasteiger partial charge < -0.3 is 19.7 Å². The molecule has 3 rings (SSSR count). The van der Waals surface area contributed by atoms with E-state index in [4.69, 9.17) is 9.47 Å². The fourth-order valence-corrected chi connectivity index (χ4v) is 3.05. The number of carbonyl (C=O) groups is 1. The second kappa shape index (κ2) is 8.45. The molecule has 0 aliphatic carbocycles. The van der Waals surface area contributed by atoms with Crippen molar-refractivity contribution in [3.8, 4) is 0 Å². The topological polar surface area (TPSA) is 76.6 Å². The molecule has 0 bridgehead atoms. The SMILES string of the molecule is Cc1cc(C2CN(C(=O)OC(C)(C)C)CCO2)cnc1Nc1ccc(Br)cn1. The predicted molar refractivity (Wildman–Crippen MR) is 111 cm³/mol. The molecule has 1 N–H and O–H groups in total. The lowest BCUT2D eigenvalue weighted by Gasteiger charge is -2.34. The van der Waals surface area contributed by atoms with Crippen LogP contribution in [0.2, 0.25) is 0 Å². The number of morpholine rings is 1. The first-order chi connectivity index (χ1) is 13.2. The Balaban J connectivity index is 1.68. The van der Waals surface area contributed by atoms with Crippen LogP contribution in [0.5, 0.6) is 0 Å².